The van der Waals surface area contributed by atoms with Crippen LogP contribution in [0, 0.1) is 11.7 Å². The van der Waals surface area contributed by atoms with Crippen LogP contribution >= 0.6 is 15.9 Å². The fourth-order valence-electron chi connectivity index (χ4n) is 1.74. The summed E-state index contributed by atoms with van der Waals surface area (Å²) in [5.41, 5.74) is 1.02. The van der Waals surface area contributed by atoms with Crippen LogP contribution in [0.2, 0.25) is 0 Å². The molecule has 0 aromatic heterocycles. The van der Waals surface area contributed by atoms with Crippen LogP contribution in [-0.2, 0) is 4.74 Å². The zero-order chi connectivity index (χ0) is 11.7. The average molecular weight is 286 g/mol. The SMILES string of the molecule is C=C(OC)C1CN(c2ccc(F)c(Br)c2)C1. The van der Waals surface area contributed by atoms with Crippen LogP contribution in [0.5, 0.6) is 0 Å². The Hall–Kier alpha value is -1.03. The van der Waals surface area contributed by atoms with Crippen LogP contribution in [-0.4, -0.2) is 20.2 Å². The van der Waals surface area contributed by atoms with E-state index in [1.54, 1.807) is 19.2 Å². The number of rotatable bonds is 3. The Morgan fingerprint density at radius 2 is 2.25 bits per heavy atom. The first-order valence-electron chi connectivity index (χ1n) is 5.04. The van der Waals surface area contributed by atoms with Crippen molar-refractivity contribution in [1.82, 2.24) is 0 Å². The van der Waals surface area contributed by atoms with Crippen LogP contribution in [0.15, 0.2) is 35.0 Å². The number of halogens is 2. The summed E-state index contributed by atoms with van der Waals surface area (Å²) in [5.74, 6) is 0.966. The van der Waals surface area contributed by atoms with Crippen molar-refractivity contribution in [2.75, 3.05) is 25.1 Å². The third-order valence-corrected chi connectivity index (χ3v) is 3.48. The van der Waals surface area contributed by atoms with E-state index < -0.39 is 0 Å². The molecule has 2 nitrogen and oxygen atoms in total. The van der Waals surface area contributed by atoms with Gasteiger partial charge in [-0.05, 0) is 34.1 Å². The van der Waals surface area contributed by atoms with Crippen molar-refractivity contribution >= 4 is 21.6 Å². The molecule has 1 aliphatic rings. The van der Waals surface area contributed by atoms with Gasteiger partial charge in [0, 0.05) is 18.8 Å². The van der Waals surface area contributed by atoms with E-state index in [9.17, 15) is 4.39 Å². The van der Waals surface area contributed by atoms with Gasteiger partial charge < -0.3 is 9.64 Å². The minimum atomic E-state index is -0.234. The molecule has 0 spiro atoms. The van der Waals surface area contributed by atoms with Gasteiger partial charge in [0.1, 0.15) is 5.82 Å². The third-order valence-electron chi connectivity index (χ3n) is 2.87. The molecule has 0 radical (unpaired) electrons. The van der Waals surface area contributed by atoms with Gasteiger partial charge >= 0.3 is 0 Å². The zero-order valence-corrected chi connectivity index (χ0v) is 10.6. The normalized spacial score (nSPS) is 15.8. The molecule has 1 aromatic rings. The molecule has 0 N–H and O–H groups in total. The van der Waals surface area contributed by atoms with E-state index in [0.29, 0.717) is 10.4 Å². The first-order valence-corrected chi connectivity index (χ1v) is 5.84. The molecule has 0 aliphatic carbocycles. The molecule has 1 saturated heterocycles. The van der Waals surface area contributed by atoms with Crippen LogP contribution in [0.3, 0.4) is 0 Å². The average Bonchev–Trinajstić information content (AvgIpc) is 2.21. The molecular weight excluding hydrogens is 273 g/mol. The van der Waals surface area contributed by atoms with Gasteiger partial charge in [-0.1, -0.05) is 6.58 Å². The Morgan fingerprint density at radius 1 is 1.56 bits per heavy atom. The van der Waals surface area contributed by atoms with Crippen LogP contribution in [0.25, 0.3) is 0 Å². The molecule has 1 aliphatic heterocycles. The van der Waals surface area contributed by atoms with Crippen molar-refractivity contribution in [3.05, 3.63) is 40.8 Å². The number of benzene rings is 1. The highest BCUT2D eigenvalue weighted by Gasteiger charge is 2.29. The summed E-state index contributed by atoms with van der Waals surface area (Å²) in [6.07, 6.45) is 0. The second-order valence-electron chi connectivity index (χ2n) is 3.87. The summed E-state index contributed by atoms with van der Waals surface area (Å²) >= 11 is 3.18. The lowest BCUT2D eigenvalue weighted by Crippen LogP contribution is -2.47. The monoisotopic (exact) mass is 285 g/mol. The molecule has 1 aromatic carbocycles. The van der Waals surface area contributed by atoms with Crippen molar-refractivity contribution in [3.63, 3.8) is 0 Å². The number of nitrogens with zero attached hydrogens (tertiary/aromatic N) is 1. The lowest BCUT2D eigenvalue weighted by Gasteiger charge is -2.41. The van der Waals surface area contributed by atoms with Gasteiger partial charge in [-0.25, -0.2) is 4.39 Å². The number of ether oxygens (including phenoxy) is 1. The number of anilines is 1. The minimum Gasteiger partial charge on any atom is -0.501 e. The molecule has 0 amide bonds. The lowest BCUT2D eigenvalue weighted by atomic mass is 9.97. The van der Waals surface area contributed by atoms with Gasteiger partial charge in [-0.3, -0.25) is 0 Å². The fourth-order valence-corrected chi connectivity index (χ4v) is 2.11. The van der Waals surface area contributed by atoms with Gasteiger partial charge in [-0.2, -0.15) is 0 Å². The van der Waals surface area contributed by atoms with E-state index in [-0.39, 0.29) is 5.82 Å². The molecule has 0 saturated carbocycles. The lowest BCUT2D eigenvalue weighted by molar-refractivity contribution is 0.224. The third kappa shape index (κ3) is 2.07. The van der Waals surface area contributed by atoms with Gasteiger partial charge in [0.2, 0.25) is 0 Å². The number of methoxy groups -OCH3 is 1. The predicted octanol–water partition coefficient (Wildman–Crippen LogP) is 3.18. The summed E-state index contributed by atoms with van der Waals surface area (Å²) < 4.78 is 18.6. The Balaban J connectivity index is 2.01. The van der Waals surface area contributed by atoms with Crippen molar-refractivity contribution in [2.45, 2.75) is 0 Å². The quantitative estimate of drug-likeness (QED) is 0.791. The highest BCUT2D eigenvalue weighted by atomic mass is 79.9. The van der Waals surface area contributed by atoms with Crippen LogP contribution < -0.4 is 4.90 Å². The van der Waals surface area contributed by atoms with E-state index in [1.807, 2.05) is 0 Å². The van der Waals surface area contributed by atoms with Crippen molar-refractivity contribution in [3.8, 4) is 0 Å². The Bertz CT molecular complexity index is 415. The maximum atomic E-state index is 13.0. The van der Waals surface area contributed by atoms with Gasteiger partial charge in [-0.15, -0.1) is 0 Å². The molecule has 2 rings (SSSR count). The van der Waals surface area contributed by atoms with E-state index in [1.165, 1.54) is 6.07 Å². The Morgan fingerprint density at radius 3 is 2.81 bits per heavy atom. The first-order chi connectivity index (χ1) is 7.61. The van der Waals surface area contributed by atoms with Gasteiger partial charge in [0.05, 0.1) is 23.3 Å². The Kier molecular flexibility index (Phi) is 3.19. The van der Waals surface area contributed by atoms with Gasteiger partial charge in [0.15, 0.2) is 0 Å². The largest absolute Gasteiger partial charge is 0.501 e. The highest BCUT2D eigenvalue weighted by molar-refractivity contribution is 9.10. The standard InChI is InChI=1S/C12H13BrFNO/c1-8(16-2)9-6-15(7-9)10-3-4-12(14)11(13)5-10/h3-5,9H,1,6-7H2,2H3. The van der Waals surface area contributed by atoms with E-state index in [0.717, 1.165) is 24.5 Å². The van der Waals surface area contributed by atoms with Gasteiger partial charge in [0.25, 0.3) is 0 Å². The summed E-state index contributed by atoms with van der Waals surface area (Å²) in [5, 5.41) is 0. The van der Waals surface area contributed by atoms with E-state index in [2.05, 4.69) is 27.4 Å². The molecule has 86 valence electrons. The summed E-state index contributed by atoms with van der Waals surface area (Å²) in [7, 11) is 1.64. The second-order valence-corrected chi connectivity index (χ2v) is 4.73. The minimum absolute atomic E-state index is 0.234. The first kappa shape index (κ1) is 11.5. The molecule has 0 atom stereocenters. The summed E-state index contributed by atoms with van der Waals surface area (Å²) in [4.78, 5) is 2.17. The molecule has 1 fully saturated rings. The number of hydrogen-bond donors (Lipinski definition) is 0. The summed E-state index contributed by atoms with van der Waals surface area (Å²) in [6, 6.07) is 5.05. The maximum Gasteiger partial charge on any atom is 0.137 e. The van der Waals surface area contributed by atoms with E-state index in [4.69, 9.17) is 4.74 Å². The van der Waals surface area contributed by atoms with Crippen LogP contribution in [0.4, 0.5) is 10.1 Å². The maximum absolute atomic E-state index is 13.0. The van der Waals surface area contributed by atoms with Crippen LogP contribution in [0.1, 0.15) is 0 Å². The predicted molar refractivity (Wildman–Crippen MR) is 66.0 cm³/mol. The zero-order valence-electron chi connectivity index (χ0n) is 9.04. The fraction of sp³-hybridized carbons (Fsp3) is 0.333. The topological polar surface area (TPSA) is 12.5 Å². The highest BCUT2D eigenvalue weighted by Crippen LogP contribution is 2.31. The summed E-state index contributed by atoms with van der Waals surface area (Å²) in [6.45, 7) is 5.60. The van der Waals surface area contributed by atoms with Crippen molar-refractivity contribution < 1.29 is 9.13 Å². The molecule has 1 heterocycles. The molecular formula is C12H13BrFNO. The molecule has 0 bridgehead atoms. The second kappa shape index (κ2) is 4.45. The molecule has 4 heteroatoms. The van der Waals surface area contributed by atoms with Crippen molar-refractivity contribution in [1.29, 1.82) is 0 Å². The van der Waals surface area contributed by atoms with Crippen molar-refractivity contribution in [2.24, 2.45) is 5.92 Å². The smallest absolute Gasteiger partial charge is 0.137 e. The molecule has 0 unspecified atom stereocenters. The molecule has 16 heavy (non-hydrogen) atoms. The number of hydrogen-bond acceptors (Lipinski definition) is 2. The van der Waals surface area contributed by atoms with E-state index >= 15 is 0 Å². The Labute approximate surface area is 103 Å².